The van der Waals surface area contributed by atoms with Gasteiger partial charge in [-0.05, 0) is 53.8 Å². The molecule has 0 heterocycles. The first-order valence-corrected chi connectivity index (χ1v) is 9.15. The van der Waals surface area contributed by atoms with E-state index in [4.69, 9.17) is 0 Å². The van der Waals surface area contributed by atoms with E-state index in [0.29, 0.717) is 5.56 Å². The van der Waals surface area contributed by atoms with Crippen LogP contribution < -0.4 is 0 Å². The van der Waals surface area contributed by atoms with Gasteiger partial charge in [0.1, 0.15) is 11.6 Å². The Morgan fingerprint density at radius 1 is 1.00 bits per heavy atom. The SMILES string of the molecule is CCCCCc1cccc(C2=CC(F)=CCC2(F)c2cccc(F)c2)c1. The molecular weight excluding hydrogens is 333 g/mol. The van der Waals surface area contributed by atoms with Crippen LogP contribution in [0, 0.1) is 5.82 Å². The second-order valence-corrected chi connectivity index (χ2v) is 6.82. The monoisotopic (exact) mass is 356 g/mol. The van der Waals surface area contributed by atoms with Crippen molar-refractivity contribution in [1.82, 2.24) is 0 Å². The number of alkyl halides is 1. The molecule has 3 rings (SSSR count). The minimum atomic E-state index is -1.94. The number of hydrogen-bond acceptors (Lipinski definition) is 0. The number of aryl methyl sites for hydroxylation is 1. The molecule has 0 aromatic heterocycles. The first-order valence-electron chi connectivity index (χ1n) is 9.15. The van der Waals surface area contributed by atoms with E-state index < -0.39 is 17.3 Å². The van der Waals surface area contributed by atoms with E-state index in [1.54, 1.807) is 12.1 Å². The van der Waals surface area contributed by atoms with Crippen LogP contribution in [0.15, 0.2) is 66.5 Å². The van der Waals surface area contributed by atoms with Gasteiger partial charge in [0.25, 0.3) is 0 Å². The molecule has 0 amide bonds. The van der Waals surface area contributed by atoms with Gasteiger partial charge in [0, 0.05) is 12.0 Å². The Hall–Kier alpha value is -2.29. The average molecular weight is 356 g/mol. The molecule has 1 atom stereocenters. The van der Waals surface area contributed by atoms with Gasteiger partial charge in [0.2, 0.25) is 0 Å². The predicted molar refractivity (Wildman–Crippen MR) is 101 cm³/mol. The van der Waals surface area contributed by atoms with Crippen LogP contribution in [0.3, 0.4) is 0 Å². The van der Waals surface area contributed by atoms with Gasteiger partial charge in [-0.25, -0.2) is 13.2 Å². The van der Waals surface area contributed by atoms with Gasteiger partial charge in [0.05, 0.1) is 0 Å². The summed E-state index contributed by atoms with van der Waals surface area (Å²) in [5.74, 6) is -0.955. The largest absolute Gasteiger partial charge is 0.233 e. The summed E-state index contributed by atoms with van der Waals surface area (Å²) in [4.78, 5) is 0. The van der Waals surface area contributed by atoms with Crippen LogP contribution >= 0.6 is 0 Å². The fourth-order valence-electron chi connectivity index (χ4n) is 3.45. The van der Waals surface area contributed by atoms with Crippen LogP contribution in [0.5, 0.6) is 0 Å². The lowest BCUT2D eigenvalue weighted by molar-refractivity contribution is 0.246. The van der Waals surface area contributed by atoms with Gasteiger partial charge in [-0.2, -0.15) is 0 Å². The fourth-order valence-corrected chi connectivity index (χ4v) is 3.45. The van der Waals surface area contributed by atoms with E-state index in [0.717, 1.165) is 31.2 Å². The van der Waals surface area contributed by atoms with Crippen LogP contribution in [0.2, 0.25) is 0 Å². The Labute approximate surface area is 153 Å². The topological polar surface area (TPSA) is 0 Å². The van der Waals surface area contributed by atoms with Gasteiger partial charge in [0.15, 0.2) is 5.67 Å². The highest BCUT2D eigenvalue weighted by molar-refractivity contribution is 5.77. The Balaban J connectivity index is 1.99. The predicted octanol–water partition coefficient (Wildman–Crippen LogP) is 7.06. The fraction of sp³-hybridized carbons (Fsp3) is 0.304. The molecule has 2 aromatic carbocycles. The highest BCUT2D eigenvalue weighted by atomic mass is 19.1. The molecule has 0 bridgehead atoms. The summed E-state index contributed by atoms with van der Waals surface area (Å²) in [5, 5.41) is 0. The lowest BCUT2D eigenvalue weighted by Gasteiger charge is -2.31. The number of unbranched alkanes of at least 4 members (excludes halogenated alkanes) is 2. The van der Waals surface area contributed by atoms with Crippen molar-refractivity contribution in [3.63, 3.8) is 0 Å². The Morgan fingerprint density at radius 2 is 1.81 bits per heavy atom. The average Bonchev–Trinajstić information content (AvgIpc) is 2.64. The van der Waals surface area contributed by atoms with Crippen molar-refractivity contribution < 1.29 is 13.2 Å². The Kier molecular flexibility index (Phi) is 5.65. The van der Waals surface area contributed by atoms with Crippen LogP contribution in [-0.4, -0.2) is 0 Å². The molecule has 26 heavy (non-hydrogen) atoms. The number of rotatable bonds is 6. The number of benzene rings is 2. The highest BCUT2D eigenvalue weighted by Gasteiger charge is 2.39. The molecule has 1 aliphatic rings. The molecule has 3 heteroatoms. The molecule has 0 spiro atoms. The second-order valence-electron chi connectivity index (χ2n) is 6.82. The number of allylic oxidation sites excluding steroid dienone is 4. The molecule has 1 aliphatic carbocycles. The smallest absolute Gasteiger partial charge is 0.165 e. The van der Waals surface area contributed by atoms with Crippen molar-refractivity contribution >= 4 is 5.57 Å². The molecule has 0 radical (unpaired) electrons. The van der Waals surface area contributed by atoms with Crippen molar-refractivity contribution in [1.29, 1.82) is 0 Å². The number of hydrogen-bond donors (Lipinski definition) is 0. The Morgan fingerprint density at radius 3 is 2.58 bits per heavy atom. The molecule has 1 unspecified atom stereocenters. The first kappa shape index (κ1) is 18.5. The van der Waals surface area contributed by atoms with Crippen LogP contribution in [0.25, 0.3) is 5.57 Å². The first-order chi connectivity index (χ1) is 12.5. The van der Waals surface area contributed by atoms with Crippen molar-refractivity contribution in [3.8, 4) is 0 Å². The Bertz CT molecular complexity index is 835. The molecular formula is C23H23F3. The normalized spacial score (nSPS) is 19.8. The van der Waals surface area contributed by atoms with E-state index >= 15 is 4.39 Å². The van der Waals surface area contributed by atoms with Crippen LogP contribution in [0.1, 0.15) is 49.3 Å². The van der Waals surface area contributed by atoms with E-state index in [9.17, 15) is 8.78 Å². The van der Waals surface area contributed by atoms with Gasteiger partial charge in [-0.15, -0.1) is 0 Å². The molecule has 0 aliphatic heterocycles. The molecule has 136 valence electrons. The molecule has 0 saturated heterocycles. The summed E-state index contributed by atoms with van der Waals surface area (Å²) in [6.45, 7) is 2.15. The molecule has 0 saturated carbocycles. The zero-order valence-corrected chi connectivity index (χ0v) is 14.9. The minimum absolute atomic E-state index is 0.145. The van der Waals surface area contributed by atoms with Gasteiger partial charge >= 0.3 is 0 Å². The van der Waals surface area contributed by atoms with Crippen molar-refractivity contribution in [3.05, 3.63) is 89.0 Å². The standard InChI is InChI=1S/C23H23F3/c1-2-3-4-7-17-8-5-9-18(14-17)22-16-21(25)12-13-23(22,26)19-10-6-11-20(24)15-19/h5-6,8-12,14-16H,2-4,7,13H2,1H3. The minimum Gasteiger partial charge on any atom is -0.233 e. The zero-order valence-electron chi connectivity index (χ0n) is 14.9. The molecule has 2 aromatic rings. The third-order valence-corrected chi connectivity index (χ3v) is 4.88. The quantitative estimate of drug-likeness (QED) is 0.486. The van der Waals surface area contributed by atoms with Gasteiger partial charge < -0.3 is 0 Å². The maximum absolute atomic E-state index is 16.0. The third kappa shape index (κ3) is 3.92. The lowest BCUT2D eigenvalue weighted by atomic mass is 9.78. The summed E-state index contributed by atoms with van der Waals surface area (Å²) in [5.41, 5.74) is 0.270. The van der Waals surface area contributed by atoms with Crippen LogP contribution in [0.4, 0.5) is 13.2 Å². The summed E-state index contributed by atoms with van der Waals surface area (Å²) >= 11 is 0. The lowest BCUT2D eigenvalue weighted by Crippen LogP contribution is -2.24. The summed E-state index contributed by atoms with van der Waals surface area (Å²) in [6.07, 6.45) is 6.56. The zero-order chi connectivity index (χ0) is 18.6. The van der Waals surface area contributed by atoms with Crippen molar-refractivity contribution in [2.45, 2.75) is 44.7 Å². The van der Waals surface area contributed by atoms with Crippen LogP contribution in [-0.2, 0) is 12.1 Å². The summed E-state index contributed by atoms with van der Waals surface area (Å²) in [6, 6.07) is 13.1. The third-order valence-electron chi connectivity index (χ3n) is 4.88. The molecule has 0 fully saturated rings. The second kappa shape index (κ2) is 7.94. The van der Waals surface area contributed by atoms with E-state index in [1.165, 1.54) is 30.4 Å². The maximum atomic E-state index is 16.0. The summed E-state index contributed by atoms with van der Waals surface area (Å²) < 4.78 is 43.6. The van der Waals surface area contributed by atoms with Gasteiger partial charge in [-0.1, -0.05) is 56.2 Å². The van der Waals surface area contributed by atoms with E-state index in [1.807, 2.05) is 18.2 Å². The molecule has 0 N–H and O–H groups in total. The van der Waals surface area contributed by atoms with Crippen molar-refractivity contribution in [2.75, 3.05) is 0 Å². The van der Waals surface area contributed by atoms with Crippen molar-refractivity contribution in [2.24, 2.45) is 0 Å². The van der Waals surface area contributed by atoms with E-state index in [-0.39, 0.29) is 17.6 Å². The van der Waals surface area contributed by atoms with Gasteiger partial charge in [-0.3, -0.25) is 0 Å². The molecule has 0 nitrogen and oxygen atoms in total. The van der Waals surface area contributed by atoms with E-state index in [2.05, 4.69) is 6.92 Å². The highest BCUT2D eigenvalue weighted by Crippen LogP contribution is 2.46. The maximum Gasteiger partial charge on any atom is 0.165 e. The number of halogens is 3. The summed E-state index contributed by atoms with van der Waals surface area (Å²) in [7, 11) is 0.